The largest absolute Gasteiger partial charge is 0.493 e. The number of methoxy groups -OCH3 is 2. The number of carbonyl (C=O) groups is 1. The number of ketones is 1. The van der Waals surface area contributed by atoms with Crippen LogP contribution in [-0.4, -0.2) is 20.0 Å². The minimum Gasteiger partial charge on any atom is -0.493 e. The normalized spacial score (nSPS) is 10.1. The molecule has 0 spiro atoms. The van der Waals surface area contributed by atoms with E-state index in [2.05, 4.69) is 0 Å². The zero-order chi connectivity index (χ0) is 13.0. The lowest BCUT2D eigenvalue weighted by Gasteiger charge is -2.11. The second-order valence-corrected chi connectivity index (χ2v) is 3.73. The van der Waals surface area contributed by atoms with Crippen LogP contribution in [0.5, 0.6) is 11.5 Å². The van der Waals surface area contributed by atoms with E-state index in [0.717, 1.165) is 5.56 Å². The van der Waals surface area contributed by atoms with Crippen molar-refractivity contribution in [3.8, 4) is 11.5 Å². The van der Waals surface area contributed by atoms with Crippen molar-refractivity contribution >= 4 is 5.78 Å². The van der Waals surface area contributed by atoms with Crippen LogP contribution < -0.4 is 9.47 Å². The molecule has 0 aliphatic rings. The fraction of sp³-hybridized carbons (Fsp3) is 0.214. The Labute approximate surface area is 105 Å². The standard InChI is InChI=1S/C14H14O4/c1-16-13-6-3-5-10(14(13)17-2)9-11(15)12-7-4-8-18-12/h3-8H,9H2,1-2H3. The molecule has 1 heterocycles. The van der Waals surface area contributed by atoms with E-state index in [9.17, 15) is 4.79 Å². The Morgan fingerprint density at radius 1 is 1.17 bits per heavy atom. The van der Waals surface area contributed by atoms with Gasteiger partial charge in [0.2, 0.25) is 5.78 Å². The number of ether oxygens (including phenoxy) is 2. The van der Waals surface area contributed by atoms with E-state index < -0.39 is 0 Å². The first-order chi connectivity index (χ1) is 8.76. The van der Waals surface area contributed by atoms with Gasteiger partial charge in [-0.1, -0.05) is 12.1 Å². The van der Waals surface area contributed by atoms with Crippen molar-refractivity contribution in [1.82, 2.24) is 0 Å². The maximum Gasteiger partial charge on any atom is 0.202 e. The molecule has 0 unspecified atom stereocenters. The molecule has 1 aromatic heterocycles. The third-order valence-corrected chi connectivity index (χ3v) is 2.63. The third kappa shape index (κ3) is 2.37. The highest BCUT2D eigenvalue weighted by Crippen LogP contribution is 2.31. The number of rotatable bonds is 5. The summed E-state index contributed by atoms with van der Waals surface area (Å²) in [6, 6.07) is 8.79. The Morgan fingerprint density at radius 3 is 2.61 bits per heavy atom. The molecule has 94 valence electrons. The summed E-state index contributed by atoms with van der Waals surface area (Å²) in [4.78, 5) is 12.0. The summed E-state index contributed by atoms with van der Waals surface area (Å²) in [5, 5.41) is 0. The quantitative estimate of drug-likeness (QED) is 0.761. The van der Waals surface area contributed by atoms with E-state index >= 15 is 0 Å². The van der Waals surface area contributed by atoms with Crippen molar-refractivity contribution < 1.29 is 18.7 Å². The van der Waals surface area contributed by atoms with Gasteiger partial charge < -0.3 is 13.9 Å². The van der Waals surface area contributed by atoms with E-state index in [4.69, 9.17) is 13.9 Å². The van der Waals surface area contributed by atoms with Gasteiger partial charge in [-0.15, -0.1) is 0 Å². The van der Waals surface area contributed by atoms with E-state index in [1.165, 1.54) is 6.26 Å². The second kappa shape index (κ2) is 5.40. The number of para-hydroxylation sites is 1. The van der Waals surface area contributed by atoms with Crippen LogP contribution in [0, 0.1) is 0 Å². The zero-order valence-electron chi connectivity index (χ0n) is 10.3. The van der Waals surface area contributed by atoms with Gasteiger partial charge in [-0.25, -0.2) is 0 Å². The fourth-order valence-electron chi connectivity index (χ4n) is 1.79. The number of furan rings is 1. The second-order valence-electron chi connectivity index (χ2n) is 3.73. The summed E-state index contributed by atoms with van der Waals surface area (Å²) < 4.78 is 15.5. The Balaban J connectivity index is 2.26. The Hall–Kier alpha value is -2.23. The van der Waals surface area contributed by atoms with Crippen LogP contribution in [0.25, 0.3) is 0 Å². The van der Waals surface area contributed by atoms with Gasteiger partial charge in [0.05, 0.1) is 20.5 Å². The number of hydrogen-bond donors (Lipinski definition) is 0. The molecule has 0 atom stereocenters. The van der Waals surface area contributed by atoms with Gasteiger partial charge in [0.15, 0.2) is 17.3 Å². The Morgan fingerprint density at radius 2 is 2.00 bits per heavy atom. The molecule has 0 fully saturated rings. The smallest absolute Gasteiger partial charge is 0.202 e. The highest BCUT2D eigenvalue weighted by atomic mass is 16.5. The van der Waals surface area contributed by atoms with Gasteiger partial charge in [0.1, 0.15) is 0 Å². The molecule has 0 saturated carbocycles. The topological polar surface area (TPSA) is 48.7 Å². The maximum absolute atomic E-state index is 12.0. The molecular weight excluding hydrogens is 232 g/mol. The molecule has 0 amide bonds. The lowest BCUT2D eigenvalue weighted by Crippen LogP contribution is -2.04. The van der Waals surface area contributed by atoms with Crippen molar-refractivity contribution in [3.63, 3.8) is 0 Å². The molecule has 4 heteroatoms. The van der Waals surface area contributed by atoms with Crippen molar-refractivity contribution in [1.29, 1.82) is 0 Å². The van der Waals surface area contributed by atoms with Crippen LogP contribution >= 0.6 is 0 Å². The predicted octanol–water partition coefficient (Wildman–Crippen LogP) is 2.72. The highest BCUT2D eigenvalue weighted by molar-refractivity contribution is 5.95. The summed E-state index contributed by atoms with van der Waals surface area (Å²) in [7, 11) is 3.12. The van der Waals surface area contributed by atoms with Gasteiger partial charge in [-0.3, -0.25) is 4.79 Å². The van der Waals surface area contributed by atoms with Gasteiger partial charge in [-0.05, 0) is 18.2 Å². The molecule has 0 radical (unpaired) electrons. The first-order valence-electron chi connectivity index (χ1n) is 5.53. The van der Waals surface area contributed by atoms with Crippen LogP contribution in [0.1, 0.15) is 16.1 Å². The van der Waals surface area contributed by atoms with E-state index in [1.54, 1.807) is 32.4 Å². The van der Waals surface area contributed by atoms with Crippen molar-refractivity contribution in [2.24, 2.45) is 0 Å². The summed E-state index contributed by atoms with van der Waals surface area (Å²) in [6.45, 7) is 0. The number of carbonyl (C=O) groups excluding carboxylic acids is 1. The SMILES string of the molecule is COc1cccc(CC(=O)c2ccco2)c1OC. The van der Waals surface area contributed by atoms with E-state index in [0.29, 0.717) is 17.3 Å². The number of hydrogen-bond acceptors (Lipinski definition) is 4. The van der Waals surface area contributed by atoms with Crippen LogP contribution in [0.15, 0.2) is 41.0 Å². The highest BCUT2D eigenvalue weighted by Gasteiger charge is 2.15. The van der Waals surface area contributed by atoms with Crippen molar-refractivity contribution in [3.05, 3.63) is 47.9 Å². The predicted molar refractivity (Wildman–Crippen MR) is 66.3 cm³/mol. The Bertz CT molecular complexity index is 529. The number of benzene rings is 1. The monoisotopic (exact) mass is 246 g/mol. The lowest BCUT2D eigenvalue weighted by atomic mass is 10.1. The van der Waals surface area contributed by atoms with E-state index in [-0.39, 0.29) is 12.2 Å². The summed E-state index contributed by atoms with van der Waals surface area (Å²) in [5.74, 6) is 1.45. The molecule has 1 aromatic carbocycles. The first-order valence-corrected chi connectivity index (χ1v) is 5.53. The molecule has 18 heavy (non-hydrogen) atoms. The van der Waals surface area contributed by atoms with Crippen molar-refractivity contribution in [2.75, 3.05) is 14.2 Å². The summed E-state index contributed by atoms with van der Waals surface area (Å²) >= 11 is 0. The van der Waals surface area contributed by atoms with Gasteiger partial charge >= 0.3 is 0 Å². The zero-order valence-corrected chi connectivity index (χ0v) is 10.3. The van der Waals surface area contributed by atoms with Crippen LogP contribution in [-0.2, 0) is 6.42 Å². The van der Waals surface area contributed by atoms with Gasteiger partial charge in [0, 0.05) is 12.0 Å². The molecule has 0 N–H and O–H groups in total. The minimum absolute atomic E-state index is 0.0912. The fourth-order valence-corrected chi connectivity index (χ4v) is 1.79. The molecule has 2 aromatic rings. The van der Waals surface area contributed by atoms with Crippen molar-refractivity contribution in [2.45, 2.75) is 6.42 Å². The van der Waals surface area contributed by atoms with Gasteiger partial charge in [-0.2, -0.15) is 0 Å². The molecule has 0 aliphatic carbocycles. The molecule has 0 saturated heterocycles. The molecule has 0 aliphatic heterocycles. The maximum atomic E-state index is 12.0. The average Bonchev–Trinajstić information content (AvgIpc) is 2.92. The summed E-state index contributed by atoms with van der Waals surface area (Å²) in [5.41, 5.74) is 0.776. The lowest BCUT2D eigenvalue weighted by molar-refractivity contribution is 0.0965. The number of Topliss-reactive ketones (excluding diaryl/α,β-unsaturated/α-hetero) is 1. The Kier molecular flexibility index (Phi) is 3.67. The first kappa shape index (κ1) is 12.2. The van der Waals surface area contributed by atoms with Crippen LogP contribution in [0.3, 0.4) is 0 Å². The third-order valence-electron chi connectivity index (χ3n) is 2.63. The molecule has 2 rings (SSSR count). The molecule has 4 nitrogen and oxygen atoms in total. The van der Waals surface area contributed by atoms with Crippen LogP contribution in [0.2, 0.25) is 0 Å². The molecular formula is C14H14O4. The summed E-state index contributed by atoms with van der Waals surface area (Å²) in [6.07, 6.45) is 1.70. The molecule has 0 bridgehead atoms. The van der Waals surface area contributed by atoms with E-state index in [1.807, 2.05) is 12.1 Å². The van der Waals surface area contributed by atoms with Crippen LogP contribution in [0.4, 0.5) is 0 Å². The minimum atomic E-state index is -0.0912. The van der Waals surface area contributed by atoms with Gasteiger partial charge in [0.25, 0.3) is 0 Å². The average molecular weight is 246 g/mol.